The van der Waals surface area contributed by atoms with E-state index in [1.165, 1.54) is 0 Å². The number of nitrogens with one attached hydrogen (secondary N) is 1. The molecule has 0 bridgehead atoms. The molecule has 1 aromatic heterocycles. The molecular weight excluding hydrogens is 421 g/mol. The number of ether oxygens (including phenoxy) is 3. The van der Waals surface area contributed by atoms with Gasteiger partial charge in [-0.25, -0.2) is 9.48 Å². The molecule has 1 aliphatic rings. The molecule has 3 rings (SSSR count). The third-order valence-corrected chi connectivity index (χ3v) is 6.27. The van der Waals surface area contributed by atoms with E-state index in [0.717, 1.165) is 18.7 Å². The van der Waals surface area contributed by atoms with Gasteiger partial charge in [0, 0.05) is 26.4 Å². The van der Waals surface area contributed by atoms with Crippen LogP contribution in [-0.4, -0.2) is 56.1 Å². The molecule has 1 amide bonds. The van der Waals surface area contributed by atoms with Gasteiger partial charge in [-0.2, -0.15) is 5.10 Å². The van der Waals surface area contributed by atoms with E-state index in [1.54, 1.807) is 29.2 Å². The predicted molar refractivity (Wildman–Crippen MR) is 116 cm³/mol. The summed E-state index contributed by atoms with van der Waals surface area (Å²) >= 11 is 0. The lowest BCUT2D eigenvalue weighted by Gasteiger charge is -2.25. The van der Waals surface area contributed by atoms with Crippen molar-refractivity contribution in [2.45, 2.75) is 39.0 Å². The molecule has 0 saturated carbocycles. The molecule has 0 radical (unpaired) electrons. The summed E-state index contributed by atoms with van der Waals surface area (Å²) in [5.41, 5.74) is 0.704. The Hall–Kier alpha value is -2.38. The molecule has 1 unspecified atom stereocenters. The monoisotopic (exact) mass is 449 g/mol. The third-order valence-electron chi connectivity index (χ3n) is 4.57. The van der Waals surface area contributed by atoms with Crippen LogP contribution in [0.2, 0.25) is 25.7 Å². The minimum absolute atomic E-state index is 0.00273. The summed E-state index contributed by atoms with van der Waals surface area (Å²) in [6.07, 6.45) is 3.44. The smallest absolute Gasteiger partial charge is 0.563 e. The Morgan fingerprint density at radius 1 is 1.42 bits per heavy atom. The summed E-state index contributed by atoms with van der Waals surface area (Å²) in [4.78, 5) is 12.5. The highest BCUT2D eigenvalue weighted by molar-refractivity contribution is 6.76. The van der Waals surface area contributed by atoms with Crippen molar-refractivity contribution in [1.82, 2.24) is 9.78 Å². The van der Waals surface area contributed by atoms with Crippen molar-refractivity contribution in [1.29, 1.82) is 0 Å². The second-order valence-corrected chi connectivity index (χ2v) is 14.2. The lowest BCUT2D eigenvalue weighted by molar-refractivity contribution is -0.732. The Labute approximate surface area is 182 Å². The maximum Gasteiger partial charge on any atom is 0.563 e. The van der Waals surface area contributed by atoms with Gasteiger partial charge in [-0.1, -0.05) is 19.6 Å². The number of benzene rings is 1. The topological polar surface area (TPSA) is 120 Å². The van der Waals surface area contributed by atoms with Crippen LogP contribution in [0.15, 0.2) is 24.5 Å². The number of amides is 1. The van der Waals surface area contributed by atoms with Crippen molar-refractivity contribution in [2.24, 2.45) is 0 Å². The summed E-state index contributed by atoms with van der Waals surface area (Å²) in [7, 11) is -1.21. The summed E-state index contributed by atoms with van der Waals surface area (Å²) < 4.78 is 23.9. The number of hydroxylamine groups is 2. The molecule has 0 spiro atoms. The zero-order valence-electron chi connectivity index (χ0n) is 18.2. The molecule has 10 nitrogen and oxygen atoms in total. The molecule has 2 N–H and O–H groups in total. The molecule has 2 aromatic rings. The molecule has 1 aromatic carbocycles. The van der Waals surface area contributed by atoms with E-state index < -0.39 is 26.2 Å². The molecule has 12 heteroatoms. The lowest BCUT2D eigenvalue weighted by atomic mass is 9.91. The van der Waals surface area contributed by atoms with Crippen molar-refractivity contribution >= 4 is 21.1 Å². The van der Waals surface area contributed by atoms with Gasteiger partial charge in [-0.15, -0.1) is 0 Å². The fourth-order valence-electron chi connectivity index (χ4n) is 2.87. The number of quaternary nitrogens is 1. The number of fused-ring (bicyclic) bond motifs is 1. The summed E-state index contributed by atoms with van der Waals surface area (Å²) in [6, 6.07) is 4.19. The largest absolute Gasteiger partial charge is 0.627 e. The number of nitrogens with zero attached hydrogens (tertiary/aromatic N) is 2. The van der Waals surface area contributed by atoms with Crippen LogP contribution in [0.3, 0.4) is 0 Å². The zero-order valence-corrected chi connectivity index (χ0v) is 19.2. The molecule has 31 heavy (non-hydrogen) atoms. The van der Waals surface area contributed by atoms with Crippen LogP contribution in [0.1, 0.15) is 15.9 Å². The van der Waals surface area contributed by atoms with E-state index in [4.69, 9.17) is 18.9 Å². The van der Waals surface area contributed by atoms with E-state index in [1.807, 2.05) is 0 Å². The Balaban J connectivity index is 1.67. The lowest BCUT2D eigenvalue weighted by Crippen LogP contribution is -3.06. The number of rotatable bonds is 9. The fraction of sp³-hybridized carbons (Fsp3) is 0.474. The highest BCUT2D eigenvalue weighted by Crippen LogP contribution is 2.39. The molecule has 0 saturated heterocycles. The van der Waals surface area contributed by atoms with E-state index in [-0.39, 0.29) is 35.9 Å². The third kappa shape index (κ3) is 6.31. The Kier molecular flexibility index (Phi) is 7.39. The first kappa shape index (κ1) is 23.3. The van der Waals surface area contributed by atoms with Crippen molar-refractivity contribution in [3.05, 3.63) is 40.9 Å². The normalized spacial score (nSPS) is 14.5. The molecule has 2 heterocycles. The standard InChI is InChI=1S/C19H28BN3O7Si/c1-22(26)19(24)17-15(5-6-16-18(17)30-20(25)12-29-16)28-11-14-9-21-23(10-14)13-27-7-8-31(2,3)4/h5-6,9-10,22,25H,7-8,11-13H2,1-4H3. The fourth-order valence-corrected chi connectivity index (χ4v) is 3.62. The Morgan fingerprint density at radius 3 is 2.90 bits per heavy atom. The van der Waals surface area contributed by atoms with Crippen LogP contribution in [0.5, 0.6) is 17.2 Å². The van der Waals surface area contributed by atoms with Crippen molar-refractivity contribution in [3.63, 3.8) is 0 Å². The van der Waals surface area contributed by atoms with E-state index in [0.29, 0.717) is 13.3 Å². The quantitative estimate of drug-likeness (QED) is 0.327. The number of carbonyl (C=O) groups is 1. The second-order valence-electron chi connectivity index (χ2n) is 8.56. The average molecular weight is 449 g/mol. The van der Waals surface area contributed by atoms with Crippen LogP contribution in [0, 0.1) is 5.21 Å². The van der Waals surface area contributed by atoms with Gasteiger partial charge in [0.1, 0.15) is 25.6 Å². The first-order valence-electron chi connectivity index (χ1n) is 10.1. The Morgan fingerprint density at radius 2 is 2.19 bits per heavy atom. The van der Waals surface area contributed by atoms with Crippen molar-refractivity contribution < 1.29 is 33.7 Å². The Bertz CT molecular complexity index is 916. The van der Waals surface area contributed by atoms with E-state index >= 15 is 0 Å². The molecule has 0 aliphatic carbocycles. The van der Waals surface area contributed by atoms with Gasteiger partial charge >= 0.3 is 13.0 Å². The van der Waals surface area contributed by atoms with Crippen LogP contribution in [-0.2, 0) is 18.1 Å². The van der Waals surface area contributed by atoms with Gasteiger partial charge in [0.05, 0.1) is 13.2 Å². The molecular formula is C19H28BN3O7Si. The van der Waals surface area contributed by atoms with Gasteiger partial charge < -0.3 is 34.2 Å². The van der Waals surface area contributed by atoms with Crippen LogP contribution in [0.4, 0.5) is 0 Å². The maximum atomic E-state index is 12.5. The molecule has 1 atom stereocenters. The maximum absolute atomic E-state index is 12.5. The minimum atomic E-state index is -1.24. The molecule has 168 valence electrons. The van der Waals surface area contributed by atoms with Gasteiger partial charge in [-0.3, -0.25) is 0 Å². The highest BCUT2D eigenvalue weighted by Gasteiger charge is 2.33. The summed E-state index contributed by atoms with van der Waals surface area (Å²) in [5, 5.41) is 25.0. The van der Waals surface area contributed by atoms with Gasteiger partial charge in [0.2, 0.25) is 0 Å². The van der Waals surface area contributed by atoms with Crippen LogP contribution >= 0.6 is 0 Å². The summed E-state index contributed by atoms with van der Waals surface area (Å²) in [5.74, 6) is -0.347. The van der Waals surface area contributed by atoms with E-state index in [9.17, 15) is 15.0 Å². The van der Waals surface area contributed by atoms with Gasteiger partial charge in [0.25, 0.3) is 0 Å². The van der Waals surface area contributed by atoms with Crippen LogP contribution in [0.25, 0.3) is 0 Å². The number of hydrogen-bond donors (Lipinski definition) is 2. The first-order chi connectivity index (χ1) is 14.6. The number of hydrogen-bond acceptors (Lipinski definition) is 8. The van der Waals surface area contributed by atoms with Gasteiger partial charge in [-0.05, 0) is 18.2 Å². The highest BCUT2D eigenvalue weighted by atomic mass is 28.3. The second kappa shape index (κ2) is 9.83. The van der Waals surface area contributed by atoms with E-state index in [2.05, 4.69) is 24.7 Å². The number of aromatic nitrogens is 2. The number of carbonyl (C=O) groups excluding carboxylic acids is 1. The SMILES string of the molecule is C[NH+]([O-])C(=O)c1c(OCc2cnn(COCC[Si](C)(C)C)c2)ccc2c1OB(O)CO2. The predicted octanol–water partition coefficient (Wildman–Crippen LogP) is 0.718. The average Bonchev–Trinajstić information content (AvgIpc) is 3.15. The van der Waals surface area contributed by atoms with Gasteiger partial charge in [0.15, 0.2) is 17.1 Å². The minimum Gasteiger partial charge on any atom is -0.627 e. The first-order valence-corrected chi connectivity index (χ1v) is 13.8. The van der Waals surface area contributed by atoms with Crippen molar-refractivity contribution in [3.8, 4) is 17.2 Å². The molecule has 0 fully saturated rings. The van der Waals surface area contributed by atoms with Crippen molar-refractivity contribution in [2.75, 3.05) is 20.2 Å². The van der Waals surface area contributed by atoms with Crippen LogP contribution < -0.4 is 19.2 Å². The zero-order chi connectivity index (χ0) is 22.6. The summed E-state index contributed by atoms with van der Waals surface area (Å²) in [6.45, 7) is 7.98. The molecule has 1 aliphatic heterocycles.